The first-order chi connectivity index (χ1) is 8.97. The minimum absolute atomic E-state index is 0.181. The normalized spacial score (nSPS) is 10.5. The molecule has 0 radical (unpaired) electrons. The van der Waals surface area contributed by atoms with Crippen molar-refractivity contribution in [2.45, 2.75) is 27.3 Å². The Morgan fingerprint density at radius 3 is 2.68 bits per heavy atom. The molecule has 5 heteroatoms. The number of nitrogens with zero attached hydrogens (tertiary/aromatic N) is 1. The molecule has 1 amide bonds. The molecule has 19 heavy (non-hydrogen) atoms. The zero-order valence-electron chi connectivity index (χ0n) is 11.3. The van der Waals surface area contributed by atoms with Crippen LogP contribution in [0.15, 0.2) is 22.7 Å². The summed E-state index contributed by atoms with van der Waals surface area (Å²) in [6, 6.07) is 3.60. The number of rotatable bonds is 3. The number of anilines is 1. The van der Waals surface area contributed by atoms with Crippen molar-refractivity contribution in [3.63, 3.8) is 0 Å². The SMILES string of the molecule is Cc1cnc(CNC(=O)c2cc(N)c(C)cc2C)o1. The van der Waals surface area contributed by atoms with Gasteiger partial charge in [0.05, 0.1) is 12.7 Å². The van der Waals surface area contributed by atoms with Gasteiger partial charge in [-0.15, -0.1) is 0 Å². The number of nitrogen functional groups attached to an aromatic ring is 1. The van der Waals surface area contributed by atoms with Gasteiger partial charge in [-0.05, 0) is 38.0 Å². The molecule has 3 N–H and O–H groups in total. The lowest BCUT2D eigenvalue weighted by Gasteiger charge is -2.09. The number of benzene rings is 1. The minimum Gasteiger partial charge on any atom is -0.444 e. The summed E-state index contributed by atoms with van der Waals surface area (Å²) in [5.74, 6) is 1.03. The van der Waals surface area contributed by atoms with Crippen LogP contribution < -0.4 is 11.1 Å². The van der Waals surface area contributed by atoms with E-state index in [-0.39, 0.29) is 12.5 Å². The topological polar surface area (TPSA) is 81.2 Å². The van der Waals surface area contributed by atoms with Crippen LogP contribution in [0.25, 0.3) is 0 Å². The zero-order valence-corrected chi connectivity index (χ0v) is 11.3. The molecular weight excluding hydrogens is 242 g/mol. The summed E-state index contributed by atoms with van der Waals surface area (Å²) in [6.07, 6.45) is 1.62. The summed E-state index contributed by atoms with van der Waals surface area (Å²) in [5, 5.41) is 2.77. The Hall–Kier alpha value is -2.30. The second kappa shape index (κ2) is 5.14. The lowest BCUT2D eigenvalue weighted by Crippen LogP contribution is -2.24. The maximum absolute atomic E-state index is 12.1. The molecule has 2 aromatic rings. The molecule has 0 unspecified atom stereocenters. The molecule has 0 spiro atoms. The van der Waals surface area contributed by atoms with Crippen molar-refractivity contribution in [2.75, 3.05) is 5.73 Å². The molecule has 1 aromatic carbocycles. The number of nitrogens with one attached hydrogen (secondary N) is 1. The zero-order chi connectivity index (χ0) is 14.0. The molecule has 0 aliphatic rings. The molecule has 0 fully saturated rings. The smallest absolute Gasteiger partial charge is 0.252 e. The number of oxazole rings is 1. The first-order valence-electron chi connectivity index (χ1n) is 6.03. The first-order valence-corrected chi connectivity index (χ1v) is 6.03. The van der Waals surface area contributed by atoms with Crippen LogP contribution in [0.4, 0.5) is 5.69 Å². The van der Waals surface area contributed by atoms with Crippen molar-refractivity contribution in [1.29, 1.82) is 0 Å². The van der Waals surface area contributed by atoms with Crippen molar-refractivity contribution in [3.05, 3.63) is 46.7 Å². The lowest BCUT2D eigenvalue weighted by molar-refractivity contribution is 0.0946. The number of nitrogens with two attached hydrogens (primary N) is 1. The second-order valence-corrected chi connectivity index (χ2v) is 4.57. The number of aryl methyl sites for hydroxylation is 3. The van der Waals surface area contributed by atoms with Crippen molar-refractivity contribution < 1.29 is 9.21 Å². The van der Waals surface area contributed by atoms with Gasteiger partial charge in [0.15, 0.2) is 0 Å². The van der Waals surface area contributed by atoms with Crippen molar-refractivity contribution in [2.24, 2.45) is 0 Å². The number of aromatic nitrogens is 1. The molecule has 0 aliphatic heterocycles. The van der Waals surface area contributed by atoms with Crippen molar-refractivity contribution in [1.82, 2.24) is 10.3 Å². The number of carbonyl (C=O) groups is 1. The summed E-state index contributed by atoms with van der Waals surface area (Å²) in [4.78, 5) is 16.1. The highest BCUT2D eigenvalue weighted by atomic mass is 16.4. The highest BCUT2D eigenvalue weighted by Crippen LogP contribution is 2.17. The lowest BCUT2D eigenvalue weighted by atomic mass is 10.0. The van der Waals surface area contributed by atoms with E-state index in [0.717, 1.165) is 16.9 Å². The van der Waals surface area contributed by atoms with E-state index in [1.165, 1.54) is 0 Å². The molecule has 0 aliphatic carbocycles. The largest absolute Gasteiger partial charge is 0.444 e. The summed E-state index contributed by atoms with van der Waals surface area (Å²) < 4.78 is 5.29. The molecule has 2 rings (SSSR count). The Balaban J connectivity index is 2.10. The monoisotopic (exact) mass is 259 g/mol. The van der Waals surface area contributed by atoms with Crippen LogP contribution in [-0.4, -0.2) is 10.9 Å². The fourth-order valence-electron chi connectivity index (χ4n) is 1.85. The highest BCUT2D eigenvalue weighted by Gasteiger charge is 2.11. The highest BCUT2D eigenvalue weighted by molar-refractivity contribution is 5.96. The molecule has 1 heterocycles. The summed E-state index contributed by atoms with van der Waals surface area (Å²) in [7, 11) is 0. The Morgan fingerprint density at radius 1 is 1.32 bits per heavy atom. The third kappa shape index (κ3) is 2.93. The van der Waals surface area contributed by atoms with Crippen LogP contribution in [-0.2, 0) is 6.54 Å². The molecule has 0 bridgehead atoms. The van der Waals surface area contributed by atoms with E-state index in [1.807, 2.05) is 26.8 Å². The average Bonchev–Trinajstić information content (AvgIpc) is 2.77. The summed E-state index contributed by atoms with van der Waals surface area (Å²) >= 11 is 0. The predicted molar refractivity (Wildman–Crippen MR) is 72.7 cm³/mol. The van der Waals surface area contributed by atoms with E-state index in [4.69, 9.17) is 10.2 Å². The Morgan fingerprint density at radius 2 is 2.05 bits per heavy atom. The van der Waals surface area contributed by atoms with Gasteiger partial charge in [-0.3, -0.25) is 4.79 Å². The quantitative estimate of drug-likeness (QED) is 0.827. The average molecular weight is 259 g/mol. The predicted octanol–water partition coefficient (Wildman–Crippen LogP) is 2.11. The van der Waals surface area contributed by atoms with E-state index in [9.17, 15) is 4.79 Å². The third-order valence-corrected chi connectivity index (χ3v) is 2.93. The molecular formula is C14H17N3O2. The van der Waals surface area contributed by atoms with Crippen LogP contribution in [0.1, 0.15) is 33.1 Å². The van der Waals surface area contributed by atoms with Gasteiger partial charge >= 0.3 is 0 Å². The Labute approximate surface area is 111 Å². The maximum atomic E-state index is 12.1. The van der Waals surface area contributed by atoms with Gasteiger partial charge in [0, 0.05) is 11.3 Å². The van der Waals surface area contributed by atoms with Crippen molar-refractivity contribution >= 4 is 11.6 Å². The Kier molecular flexibility index (Phi) is 3.55. The number of carbonyl (C=O) groups excluding carboxylic acids is 1. The van der Waals surface area contributed by atoms with Gasteiger partial charge in [0.25, 0.3) is 5.91 Å². The molecule has 5 nitrogen and oxygen atoms in total. The summed E-state index contributed by atoms with van der Waals surface area (Å²) in [5.41, 5.74) is 8.88. The van der Waals surface area contributed by atoms with Crippen LogP contribution in [0.5, 0.6) is 0 Å². The summed E-state index contributed by atoms with van der Waals surface area (Å²) in [6.45, 7) is 5.87. The molecule has 1 aromatic heterocycles. The van der Waals surface area contributed by atoms with Crippen LogP contribution in [0, 0.1) is 20.8 Å². The first kappa shape index (κ1) is 13.1. The number of hydrogen-bond acceptors (Lipinski definition) is 4. The molecule has 0 saturated heterocycles. The molecule has 0 saturated carbocycles. The second-order valence-electron chi connectivity index (χ2n) is 4.57. The third-order valence-electron chi connectivity index (χ3n) is 2.93. The van der Waals surface area contributed by atoms with Gasteiger partial charge in [-0.1, -0.05) is 6.07 Å². The van der Waals surface area contributed by atoms with E-state index >= 15 is 0 Å². The number of hydrogen-bond donors (Lipinski definition) is 2. The van der Waals surface area contributed by atoms with Crippen molar-refractivity contribution in [3.8, 4) is 0 Å². The van der Waals surface area contributed by atoms with E-state index < -0.39 is 0 Å². The fraction of sp³-hybridized carbons (Fsp3) is 0.286. The Bertz CT molecular complexity index is 617. The van der Waals surface area contributed by atoms with E-state index in [0.29, 0.717) is 17.1 Å². The molecule has 100 valence electrons. The van der Waals surface area contributed by atoms with Gasteiger partial charge in [0.1, 0.15) is 5.76 Å². The van der Waals surface area contributed by atoms with Crippen LogP contribution >= 0.6 is 0 Å². The van der Waals surface area contributed by atoms with Crippen LogP contribution in [0.3, 0.4) is 0 Å². The van der Waals surface area contributed by atoms with E-state index in [2.05, 4.69) is 10.3 Å². The standard InChI is InChI=1S/C14H17N3O2/c1-8-4-9(2)12(15)5-11(8)14(18)17-7-13-16-6-10(3)19-13/h4-6H,7,15H2,1-3H3,(H,17,18). The van der Waals surface area contributed by atoms with Gasteiger partial charge in [0.2, 0.25) is 5.89 Å². The van der Waals surface area contributed by atoms with Gasteiger partial charge in [-0.2, -0.15) is 0 Å². The minimum atomic E-state index is -0.181. The number of amides is 1. The van der Waals surface area contributed by atoms with Crippen LogP contribution in [0.2, 0.25) is 0 Å². The maximum Gasteiger partial charge on any atom is 0.252 e. The molecule has 0 atom stereocenters. The van der Waals surface area contributed by atoms with Gasteiger partial charge < -0.3 is 15.5 Å². The van der Waals surface area contributed by atoms with Gasteiger partial charge in [-0.25, -0.2) is 4.98 Å². The van der Waals surface area contributed by atoms with E-state index in [1.54, 1.807) is 12.3 Å². The fourth-order valence-corrected chi connectivity index (χ4v) is 1.85.